The van der Waals surface area contributed by atoms with E-state index in [9.17, 15) is 0 Å². The molecule has 0 aliphatic heterocycles. The van der Waals surface area contributed by atoms with Gasteiger partial charge >= 0.3 is 0 Å². The Balaban J connectivity index is 2.52. The van der Waals surface area contributed by atoms with Gasteiger partial charge in [0.1, 0.15) is 0 Å². The zero-order valence-corrected chi connectivity index (χ0v) is 12.2. The van der Waals surface area contributed by atoms with Gasteiger partial charge in [0, 0.05) is 23.2 Å². The number of ether oxygens (including phenoxy) is 1. The molecule has 0 bridgehead atoms. The number of benzene rings is 1. The lowest BCUT2D eigenvalue weighted by Gasteiger charge is -2.08. The van der Waals surface area contributed by atoms with Gasteiger partial charge in [-0.3, -0.25) is 0 Å². The SMILES string of the molecule is CC(C)OCc1cn(C(C)C)c2cccc(Cl)c12. The van der Waals surface area contributed by atoms with Crippen molar-refractivity contribution in [1.29, 1.82) is 0 Å². The highest BCUT2D eigenvalue weighted by molar-refractivity contribution is 6.35. The molecular formula is C15H20ClNO. The van der Waals surface area contributed by atoms with Crippen molar-refractivity contribution in [2.75, 3.05) is 0 Å². The van der Waals surface area contributed by atoms with Crippen LogP contribution in [0.4, 0.5) is 0 Å². The van der Waals surface area contributed by atoms with E-state index < -0.39 is 0 Å². The van der Waals surface area contributed by atoms with Crippen LogP contribution in [-0.2, 0) is 11.3 Å². The Hall–Kier alpha value is -0.990. The van der Waals surface area contributed by atoms with Crippen molar-refractivity contribution >= 4 is 22.5 Å². The molecule has 2 nitrogen and oxygen atoms in total. The lowest BCUT2D eigenvalue weighted by Crippen LogP contribution is -2.02. The zero-order valence-electron chi connectivity index (χ0n) is 11.4. The molecular weight excluding hydrogens is 246 g/mol. The van der Waals surface area contributed by atoms with E-state index in [0.29, 0.717) is 12.6 Å². The van der Waals surface area contributed by atoms with Gasteiger partial charge in [-0.15, -0.1) is 0 Å². The van der Waals surface area contributed by atoms with Crippen LogP contribution in [0, 0.1) is 0 Å². The van der Waals surface area contributed by atoms with Crippen molar-refractivity contribution in [3.63, 3.8) is 0 Å². The number of nitrogens with zero attached hydrogens (tertiary/aromatic N) is 1. The number of halogens is 1. The van der Waals surface area contributed by atoms with Crippen molar-refractivity contribution in [3.05, 3.63) is 35.0 Å². The van der Waals surface area contributed by atoms with Crippen LogP contribution in [0.2, 0.25) is 5.02 Å². The van der Waals surface area contributed by atoms with Gasteiger partial charge in [-0.1, -0.05) is 17.7 Å². The largest absolute Gasteiger partial charge is 0.374 e. The van der Waals surface area contributed by atoms with Gasteiger partial charge in [-0.05, 0) is 39.8 Å². The summed E-state index contributed by atoms with van der Waals surface area (Å²) in [6, 6.07) is 6.46. The molecule has 0 aliphatic carbocycles. The smallest absolute Gasteiger partial charge is 0.0741 e. The summed E-state index contributed by atoms with van der Waals surface area (Å²) in [5.41, 5.74) is 2.35. The lowest BCUT2D eigenvalue weighted by atomic mass is 10.2. The van der Waals surface area contributed by atoms with Crippen LogP contribution in [0.25, 0.3) is 10.9 Å². The molecule has 2 aromatic rings. The predicted octanol–water partition coefficient (Wildman–Crippen LogP) is 4.80. The molecule has 0 aliphatic rings. The van der Waals surface area contributed by atoms with Crippen molar-refractivity contribution in [2.24, 2.45) is 0 Å². The minimum atomic E-state index is 0.227. The molecule has 1 aromatic heterocycles. The summed E-state index contributed by atoms with van der Waals surface area (Å²) >= 11 is 6.33. The van der Waals surface area contributed by atoms with E-state index in [2.05, 4.69) is 30.7 Å². The van der Waals surface area contributed by atoms with Gasteiger partial charge in [0.25, 0.3) is 0 Å². The number of hydrogen-bond acceptors (Lipinski definition) is 1. The molecule has 98 valence electrons. The second-order valence-corrected chi connectivity index (χ2v) is 5.56. The number of rotatable bonds is 4. The molecule has 0 spiro atoms. The van der Waals surface area contributed by atoms with Gasteiger partial charge < -0.3 is 9.30 Å². The standard InChI is InChI=1S/C15H20ClNO/c1-10(2)17-8-12(9-18-11(3)4)15-13(16)6-5-7-14(15)17/h5-8,10-11H,9H2,1-4H3. The van der Waals surface area contributed by atoms with Gasteiger partial charge in [0.05, 0.1) is 23.3 Å². The maximum atomic E-state index is 6.33. The molecule has 0 amide bonds. The van der Waals surface area contributed by atoms with Gasteiger partial charge in [0.15, 0.2) is 0 Å². The average Bonchev–Trinajstić information content (AvgIpc) is 2.67. The summed E-state index contributed by atoms with van der Waals surface area (Å²) in [6.45, 7) is 9.05. The highest BCUT2D eigenvalue weighted by Crippen LogP contribution is 2.31. The van der Waals surface area contributed by atoms with Crippen LogP contribution in [0.15, 0.2) is 24.4 Å². The molecule has 0 saturated carbocycles. The van der Waals surface area contributed by atoms with Crippen LogP contribution >= 0.6 is 11.6 Å². The Morgan fingerprint density at radius 1 is 1.22 bits per heavy atom. The third-order valence-corrected chi connectivity index (χ3v) is 3.33. The molecule has 18 heavy (non-hydrogen) atoms. The molecule has 0 radical (unpaired) electrons. The maximum absolute atomic E-state index is 6.33. The van der Waals surface area contributed by atoms with E-state index in [1.54, 1.807) is 0 Å². The predicted molar refractivity (Wildman–Crippen MR) is 77.3 cm³/mol. The summed E-state index contributed by atoms with van der Waals surface area (Å²) in [5, 5.41) is 1.92. The second kappa shape index (κ2) is 5.33. The fourth-order valence-corrected chi connectivity index (χ4v) is 2.43. The van der Waals surface area contributed by atoms with Crippen molar-refractivity contribution in [3.8, 4) is 0 Å². The number of hydrogen-bond donors (Lipinski definition) is 0. The average molecular weight is 266 g/mol. The molecule has 0 atom stereocenters. The first-order valence-electron chi connectivity index (χ1n) is 6.40. The highest BCUT2D eigenvalue weighted by atomic mass is 35.5. The number of aromatic nitrogens is 1. The number of fused-ring (bicyclic) bond motifs is 1. The van der Waals surface area contributed by atoms with E-state index in [0.717, 1.165) is 16.0 Å². The van der Waals surface area contributed by atoms with E-state index in [-0.39, 0.29) is 6.10 Å². The Morgan fingerprint density at radius 2 is 1.94 bits per heavy atom. The minimum Gasteiger partial charge on any atom is -0.374 e. The quantitative estimate of drug-likeness (QED) is 0.774. The third-order valence-electron chi connectivity index (χ3n) is 3.01. The molecule has 1 aromatic carbocycles. The summed E-state index contributed by atoms with van der Waals surface area (Å²) < 4.78 is 7.96. The first-order chi connectivity index (χ1) is 8.50. The zero-order chi connectivity index (χ0) is 13.3. The van der Waals surface area contributed by atoms with Crippen LogP contribution in [0.1, 0.15) is 39.3 Å². The Kier molecular flexibility index (Phi) is 3.98. The fourth-order valence-electron chi connectivity index (χ4n) is 2.14. The minimum absolute atomic E-state index is 0.227. The summed E-state index contributed by atoms with van der Waals surface area (Å²) in [4.78, 5) is 0. The normalized spacial score (nSPS) is 11.9. The molecule has 2 rings (SSSR count). The van der Waals surface area contributed by atoms with Gasteiger partial charge in [0.2, 0.25) is 0 Å². The van der Waals surface area contributed by atoms with E-state index in [1.807, 2.05) is 26.0 Å². The molecule has 0 fully saturated rings. The van der Waals surface area contributed by atoms with E-state index in [1.165, 1.54) is 5.52 Å². The van der Waals surface area contributed by atoms with Gasteiger partial charge in [-0.25, -0.2) is 0 Å². The summed E-state index contributed by atoms with van der Waals surface area (Å²) in [6.07, 6.45) is 2.38. The van der Waals surface area contributed by atoms with Crippen molar-refractivity contribution in [1.82, 2.24) is 4.57 Å². The monoisotopic (exact) mass is 265 g/mol. The van der Waals surface area contributed by atoms with Crippen LogP contribution in [0.5, 0.6) is 0 Å². The first kappa shape index (κ1) is 13.4. The Labute approximate surface area is 114 Å². The topological polar surface area (TPSA) is 14.2 Å². The summed E-state index contributed by atoms with van der Waals surface area (Å²) in [5.74, 6) is 0. The van der Waals surface area contributed by atoms with Crippen LogP contribution in [-0.4, -0.2) is 10.7 Å². The Morgan fingerprint density at radius 3 is 2.56 bits per heavy atom. The molecule has 0 unspecified atom stereocenters. The first-order valence-corrected chi connectivity index (χ1v) is 6.78. The van der Waals surface area contributed by atoms with Crippen molar-refractivity contribution in [2.45, 2.75) is 46.4 Å². The highest BCUT2D eigenvalue weighted by Gasteiger charge is 2.13. The molecule has 1 heterocycles. The van der Waals surface area contributed by atoms with Gasteiger partial charge in [-0.2, -0.15) is 0 Å². The second-order valence-electron chi connectivity index (χ2n) is 5.15. The van der Waals surface area contributed by atoms with Crippen LogP contribution in [0.3, 0.4) is 0 Å². The van der Waals surface area contributed by atoms with E-state index >= 15 is 0 Å². The third kappa shape index (κ3) is 2.55. The fraction of sp³-hybridized carbons (Fsp3) is 0.467. The van der Waals surface area contributed by atoms with E-state index in [4.69, 9.17) is 16.3 Å². The summed E-state index contributed by atoms with van der Waals surface area (Å²) in [7, 11) is 0. The molecule has 0 saturated heterocycles. The molecule has 3 heteroatoms. The van der Waals surface area contributed by atoms with Crippen LogP contribution < -0.4 is 0 Å². The maximum Gasteiger partial charge on any atom is 0.0741 e. The molecule has 0 N–H and O–H groups in total. The van der Waals surface area contributed by atoms with Crippen molar-refractivity contribution < 1.29 is 4.74 Å². The lowest BCUT2D eigenvalue weighted by molar-refractivity contribution is 0.0663. The Bertz CT molecular complexity index is 543.